The molecular weight excluding hydrogens is 547 g/mol. The molecule has 0 aliphatic carbocycles. The summed E-state index contributed by atoms with van der Waals surface area (Å²) in [6.07, 6.45) is 5.41. The van der Waals surface area contributed by atoms with Crippen LogP contribution in [0.1, 0.15) is 32.3 Å². The van der Waals surface area contributed by atoms with Gasteiger partial charge in [-0.2, -0.15) is 4.98 Å². The number of aromatic nitrogens is 3. The van der Waals surface area contributed by atoms with Crippen molar-refractivity contribution < 1.29 is 14.2 Å². The smallest absolute Gasteiger partial charge is 0.232 e. The Morgan fingerprint density at radius 1 is 1.17 bits per heavy atom. The van der Waals surface area contributed by atoms with E-state index >= 15 is 0 Å². The van der Waals surface area contributed by atoms with Gasteiger partial charge >= 0.3 is 0 Å². The number of ether oxygens (including phenoxy) is 1. The fourth-order valence-electron chi connectivity index (χ4n) is 4.98. The molecule has 12 heteroatoms. The highest BCUT2D eigenvalue weighted by molar-refractivity contribution is 6.31. The van der Waals surface area contributed by atoms with Crippen molar-refractivity contribution in [1.82, 2.24) is 19.9 Å². The topological polar surface area (TPSA) is 111 Å². The lowest BCUT2D eigenvalue weighted by molar-refractivity contribution is 0.0790. The van der Waals surface area contributed by atoms with Crippen molar-refractivity contribution in [3.05, 3.63) is 59.7 Å². The fourth-order valence-corrected chi connectivity index (χ4v) is 5.14. The standard InChI is InChI=1S/C29H38ClFN8O2/c1-7-10-32-23-14-24(26(41-6)15-25(23)39-11-8-9-18(39)16-38(4)5)36-28-34-17-33-27(37-28)35-22-13-20(30)21(31)12-19(22)29(2,3)40/h7,12-15,17-18,32,40H,1,8-11,16H2,2-6H3,(H2,33,34,35,36,37)/t18-/m1/s1. The number of hydrogen-bond acceptors (Lipinski definition) is 10. The van der Waals surface area contributed by atoms with E-state index < -0.39 is 11.4 Å². The molecule has 4 rings (SSSR count). The van der Waals surface area contributed by atoms with Crippen molar-refractivity contribution in [2.45, 2.75) is 38.3 Å². The highest BCUT2D eigenvalue weighted by Gasteiger charge is 2.28. The molecule has 0 spiro atoms. The average molecular weight is 585 g/mol. The van der Waals surface area contributed by atoms with Gasteiger partial charge in [-0.25, -0.2) is 14.4 Å². The third-order valence-corrected chi connectivity index (χ3v) is 7.09. The van der Waals surface area contributed by atoms with Crippen LogP contribution in [0.25, 0.3) is 0 Å². The van der Waals surface area contributed by atoms with Gasteiger partial charge in [-0.3, -0.25) is 0 Å². The number of anilines is 6. The van der Waals surface area contributed by atoms with Crippen LogP contribution in [0.4, 0.5) is 39.0 Å². The highest BCUT2D eigenvalue weighted by atomic mass is 35.5. The van der Waals surface area contributed by atoms with E-state index in [0.29, 0.717) is 35.3 Å². The third-order valence-electron chi connectivity index (χ3n) is 6.80. The van der Waals surface area contributed by atoms with Gasteiger partial charge < -0.3 is 35.6 Å². The maximum absolute atomic E-state index is 14.2. The molecule has 2 aromatic carbocycles. The van der Waals surface area contributed by atoms with Crippen molar-refractivity contribution in [1.29, 1.82) is 0 Å². The highest BCUT2D eigenvalue weighted by Crippen LogP contribution is 2.41. The van der Waals surface area contributed by atoms with Crippen LogP contribution in [0.15, 0.2) is 43.2 Å². The Balaban J connectivity index is 1.65. The Labute approximate surface area is 245 Å². The Kier molecular flexibility index (Phi) is 9.52. The predicted molar refractivity (Wildman–Crippen MR) is 164 cm³/mol. The summed E-state index contributed by atoms with van der Waals surface area (Å²) in [5, 5.41) is 20.2. The van der Waals surface area contributed by atoms with Crippen LogP contribution < -0.4 is 25.6 Å². The molecule has 1 fully saturated rings. The Morgan fingerprint density at radius 2 is 1.88 bits per heavy atom. The van der Waals surface area contributed by atoms with Gasteiger partial charge in [0.15, 0.2) is 0 Å². The van der Waals surface area contributed by atoms with Gasteiger partial charge in [0.1, 0.15) is 17.9 Å². The zero-order chi connectivity index (χ0) is 29.7. The predicted octanol–water partition coefficient (Wildman–Crippen LogP) is 5.52. The zero-order valence-electron chi connectivity index (χ0n) is 24.1. The second-order valence-electron chi connectivity index (χ2n) is 10.7. The van der Waals surface area contributed by atoms with E-state index in [1.165, 1.54) is 18.5 Å². The first kappa shape index (κ1) is 30.3. The van der Waals surface area contributed by atoms with Crippen molar-refractivity contribution in [3.8, 4) is 5.75 Å². The van der Waals surface area contributed by atoms with E-state index in [1.54, 1.807) is 21.0 Å². The number of hydrogen-bond donors (Lipinski definition) is 4. The van der Waals surface area contributed by atoms with Gasteiger partial charge in [0, 0.05) is 43.0 Å². The molecule has 0 unspecified atom stereocenters. The van der Waals surface area contributed by atoms with Crippen molar-refractivity contribution in [3.63, 3.8) is 0 Å². The van der Waals surface area contributed by atoms with Gasteiger partial charge in [0.2, 0.25) is 11.9 Å². The van der Waals surface area contributed by atoms with Crippen molar-refractivity contribution in [2.24, 2.45) is 0 Å². The quantitative estimate of drug-likeness (QED) is 0.203. The van der Waals surface area contributed by atoms with E-state index in [1.807, 2.05) is 18.2 Å². The molecule has 1 aliphatic heterocycles. The summed E-state index contributed by atoms with van der Waals surface area (Å²) in [7, 11) is 5.81. The van der Waals surface area contributed by atoms with E-state index in [-0.39, 0.29) is 16.9 Å². The number of likely N-dealkylation sites (N-methyl/N-ethyl adjacent to an activating group) is 1. The largest absolute Gasteiger partial charge is 0.494 e. The van der Waals surface area contributed by atoms with E-state index in [0.717, 1.165) is 37.3 Å². The summed E-state index contributed by atoms with van der Waals surface area (Å²) in [6, 6.07) is 6.98. The molecule has 0 bridgehead atoms. The third kappa shape index (κ3) is 7.35. The normalized spacial score (nSPS) is 15.2. The molecule has 41 heavy (non-hydrogen) atoms. The van der Waals surface area contributed by atoms with Gasteiger partial charge in [0.05, 0.1) is 34.8 Å². The number of nitrogens with zero attached hydrogens (tertiary/aromatic N) is 5. The van der Waals surface area contributed by atoms with Crippen LogP contribution in [0.3, 0.4) is 0 Å². The van der Waals surface area contributed by atoms with Gasteiger partial charge in [-0.15, -0.1) is 6.58 Å². The lowest BCUT2D eigenvalue weighted by Crippen LogP contribution is -2.38. The number of aliphatic hydroxyl groups is 1. The van der Waals surface area contributed by atoms with E-state index in [4.69, 9.17) is 16.3 Å². The summed E-state index contributed by atoms with van der Waals surface area (Å²) in [4.78, 5) is 17.6. The van der Waals surface area contributed by atoms with Crippen LogP contribution in [-0.4, -0.2) is 71.8 Å². The molecule has 10 nitrogen and oxygen atoms in total. The molecule has 1 aromatic heterocycles. The Hall–Kier alpha value is -3.67. The van der Waals surface area contributed by atoms with Gasteiger partial charge in [-0.1, -0.05) is 17.7 Å². The first-order valence-corrected chi connectivity index (χ1v) is 13.8. The summed E-state index contributed by atoms with van der Waals surface area (Å²) in [5.41, 5.74) is 1.99. The maximum atomic E-state index is 14.2. The Morgan fingerprint density at radius 3 is 2.51 bits per heavy atom. The molecule has 4 N–H and O–H groups in total. The second-order valence-corrected chi connectivity index (χ2v) is 11.2. The van der Waals surface area contributed by atoms with Crippen LogP contribution in [0.5, 0.6) is 5.75 Å². The second kappa shape index (κ2) is 12.9. The van der Waals surface area contributed by atoms with Gasteiger partial charge in [0.25, 0.3) is 0 Å². The minimum absolute atomic E-state index is 0.0943. The van der Waals surface area contributed by atoms with Crippen LogP contribution in [0, 0.1) is 5.82 Å². The van der Waals surface area contributed by atoms with Crippen LogP contribution in [0.2, 0.25) is 5.02 Å². The summed E-state index contributed by atoms with van der Waals surface area (Å²) < 4.78 is 20.0. The molecule has 0 amide bonds. The summed E-state index contributed by atoms with van der Waals surface area (Å²) in [6.45, 7) is 9.47. The van der Waals surface area contributed by atoms with Crippen LogP contribution >= 0.6 is 11.6 Å². The number of rotatable bonds is 12. The summed E-state index contributed by atoms with van der Waals surface area (Å²) in [5.74, 6) is 0.433. The molecule has 1 saturated heterocycles. The monoisotopic (exact) mass is 584 g/mol. The molecular formula is C29H38ClFN8O2. The Bertz CT molecular complexity index is 1380. The number of nitrogens with one attached hydrogen (secondary N) is 3. The lowest BCUT2D eigenvalue weighted by Gasteiger charge is -2.31. The van der Waals surface area contributed by atoms with Crippen LogP contribution in [-0.2, 0) is 5.60 Å². The van der Waals surface area contributed by atoms with E-state index in [9.17, 15) is 9.50 Å². The van der Waals surface area contributed by atoms with Crippen molar-refractivity contribution >= 4 is 46.2 Å². The first-order valence-electron chi connectivity index (χ1n) is 13.4. The SMILES string of the molecule is C=CCNc1cc(Nc2ncnc(Nc3cc(Cl)c(F)cc3C(C)(C)O)n2)c(OC)cc1N1CCC[C@@H]1CN(C)C. The maximum Gasteiger partial charge on any atom is 0.232 e. The lowest BCUT2D eigenvalue weighted by atomic mass is 9.96. The van der Waals surface area contributed by atoms with Crippen molar-refractivity contribution in [2.75, 3.05) is 61.7 Å². The van der Waals surface area contributed by atoms with Gasteiger partial charge in [-0.05, 0) is 59.0 Å². The molecule has 0 radical (unpaired) electrons. The fraction of sp³-hybridized carbons (Fsp3) is 0.414. The first-order chi connectivity index (χ1) is 19.5. The number of methoxy groups -OCH3 is 1. The zero-order valence-corrected chi connectivity index (χ0v) is 24.9. The number of halogens is 2. The molecule has 220 valence electrons. The number of benzene rings is 2. The average Bonchev–Trinajstić information content (AvgIpc) is 3.36. The summed E-state index contributed by atoms with van der Waals surface area (Å²) >= 11 is 6.02. The van der Waals surface area contributed by atoms with E-state index in [2.05, 4.69) is 61.4 Å². The molecule has 1 atom stereocenters. The molecule has 0 saturated carbocycles. The molecule has 3 aromatic rings. The molecule has 1 aliphatic rings. The minimum atomic E-state index is -1.34. The minimum Gasteiger partial charge on any atom is -0.494 e. The molecule has 2 heterocycles.